The lowest BCUT2D eigenvalue weighted by atomic mass is 10.1. The highest BCUT2D eigenvalue weighted by molar-refractivity contribution is 7.80. The van der Waals surface area contributed by atoms with Crippen LogP contribution >= 0.6 is 12.2 Å². The minimum Gasteiger partial charge on any atom is -0.389 e. The lowest BCUT2D eigenvalue weighted by molar-refractivity contribution is 0.107. The van der Waals surface area contributed by atoms with Crippen molar-refractivity contribution >= 4 is 17.2 Å². The van der Waals surface area contributed by atoms with Crippen LogP contribution in [0.25, 0.3) is 0 Å². The highest BCUT2D eigenvalue weighted by atomic mass is 32.1. The van der Waals surface area contributed by atoms with Gasteiger partial charge in [-0.05, 0) is 29.3 Å². The smallest absolute Gasteiger partial charge is 0.124 e. The minimum atomic E-state index is -0.358. The minimum absolute atomic E-state index is 0.184. The number of hydrogen-bond donors (Lipinski definition) is 1. The summed E-state index contributed by atoms with van der Waals surface area (Å²) in [6.45, 7) is 0.808. The Kier molecular flexibility index (Phi) is 4.60. The van der Waals surface area contributed by atoms with E-state index in [9.17, 15) is 4.39 Å². The number of nitrogens with two attached hydrogens (primary N) is 1. The molecule has 0 radical (unpaired) electrons. The van der Waals surface area contributed by atoms with Gasteiger partial charge < -0.3 is 10.5 Å². The van der Waals surface area contributed by atoms with Gasteiger partial charge in [0.05, 0.1) is 13.2 Å². The Morgan fingerprint density at radius 3 is 2.42 bits per heavy atom. The lowest BCUT2D eigenvalue weighted by Crippen LogP contribution is -2.10. The number of hydrogen-bond acceptors (Lipinski definition) is 2. The van der Waals surface area contributed by atoms with Crippen LogP contribution in [0.4, 0.5) is 4.39 Å². The highest BCUT2D eigenvalue weighted by Crippen LogP contribution is 2.11. The van der Waals surface area contributed by atoms with E-state index in [0.29, 0.717) is 18.8 Å². The predicted molar refractivity (Wildman–Crippen MR) is 77.2 cm³/mol. The first-order chi connectivity index (χ1) is 9.15. The third-order valence-electron chi connectivity index (χ3n) is 2.62. The van der Waals surface area contributed by atoms with Crippen LogP contribution in [0.3, 0.4) is 0 Å². The zero-order valence-corrected chi connectivity index (χ0v) is 11.1. The third-order valence-corrected chi connectivity index (χ3v) is 2.86. The maximum Gasteiger partial charge on any atom is 0.124 e. The fourth-order valence-corrected chi connectivity index (χ4v) is 1.85. The van der Waals surface area contributed by atoms with Crippen molar-refractivity contribution in [3.05, 3.63) is 71.0 Å². The average Bonchev–Trinajstić information content (AvgIpc) is 2.39. The molecular weight excluding hydrogens is 261 g/mol. The Balaban J connectivity index is 1.98. The maximum absolute atomic E-state index is 13.4. The molecule has 0 aliphatic heterocycles. The third kappa shape index (κ3) is 4.12. The summed E-state index contributed by atoms with van der Waals surface area (Å²) in [4.78, 5) is 0.184. The first-order valence-corrected chi connectivity index (χ1v) is 6.27. The summed E-state index contributed by atoms with van der Waals surface area (Å²) >= 11 is 4.84. The van der Waals surface area contributed by atoms with Gasteiger partial charge in [0.2, 0.25) is 0 Å². The van der Waals surface area contributed by atoms with E-state index >= 15 is 0 Å². The first-order valence-electron chi connectivity index (χ1n) is 5.86. The number of benzene rings is 2. The SMILES string of the molecule is NC(=S)c1cc(F)cc(COCc2ccccc2)c1. The molecular formula is C15H14FNOS. The van der Waals surface area contributed by atoms with Crippen LogP contribution in [-0.4, -0.2) is 4.99 Å². The molecule has 0 aliphatic rings. The van der Waals surface area contributed by atoms with Crippen LogP contribution < -0.4 is 5.73 Å². The maximum atomic E-state index is 13.4. The van der Waals surface area contributed by atoms with E-state index in [1.165, 1.54) is 12.1 Å². The van der Waals surface area contributed by atoms with Crippen LogP contribution in [0.1, 0.15) is 16.7 Å². The summed E-state index contributed by atoms with van der Waals surface area (Å²) in [7, 11) is 0. The molecule has 0 spiro atoms. The molecule has 2 nitrogen and oxygen atoms in total. The zero-order valence-electron chi connectivity index (χ0n) is 10.3. The van der Waals surface area contributed by atoms with Gasteiger partial charge in [-0.3, -0.25) is 0 Å². The van der Waals surface area contributed by atoms with Crippen molar-refractivity contribution in [2.24, 2.45) is 5.73 Å². The molecule has 0 amide bonds. The Labute approximate surface area is 117 Å². The van der Waals surface area contributed by atoms with Crippen molar-refractivity contribution in [1.82, 2.24) is 0 Å². The quantitative estimate of drug-likeness (QED) is 0.851. The van der Waals surface area contributed by atoms with E-state index < -0.39 is 0 Å². The molecule has 98 valence electrons. The van der Waals surface area contributed by atoms with Crippen LogP contribution in [0.2, 0.25) is 0 Å². The summed E-state index contributed by atoms with van der Waals surface area (Å²) in [5, 5.41) is 0. The van der Waals surface area contributed by atoms with E-state index in [1.807, 2.05) is 30.3 Å². The van der Waals surface area contributed by atoms with E-state index in [2.05, 4.69) is 0 Å². The second-order valence-electron chi connectivity index (χ2n) is 4.19. The molecule has 0 heterocycles. The monoisotopic (exact) mass is 275 g/mol. The molecule has 0 aliphatic carbocycles. The molecule has 0 unspecified atom stereocenters. The topological polar surface area (TPSA) is 35.2 Å². The van der Waals surface area contributed by atoms with E-state index in [0.717, 1.165) is 11.1 Å². The average molecular weight is 275 g/mol. The van der Waals surface area contributed by atoms with Gasteiger partial charge in [-0.25, -0.2) is 4.39 Å². The van der Waals surface area contributed by atoms with Gasteiger partial charge in [-0.15, -0.1) is 0 Å². The van der Waals surface area contributed by atoms with Gasteiger partial charge in [0.1, 0.15) is 10.8 Å². The van der Waals surface area contributed by atoms with Crippen LogP contribution in [0, 0.1) is 5.82 Å². The van der Waals surface area contributed by atoms with E-state index in [1.54, 1.807) is 6.07 Å². The van der Waals surface area contributed by atoms with E-state index in [-0.39, 0.29) is 10.8 Å². The van der Waals surface area contributed by atoms with Crippen molar-refractivity contribution in [2.45, 2.75) is 13.2 Å². The van der Waals surface area contributed by atoms with Crippen LogP contribution in [0.15, 0.2) is 48.5 Å². The van der Waals surface area contributed by atoms with Crippen molar-refractivity contribution in [3.8, 4) is 0 Å². The lowest BCUT2D eigenvalue weighted by Gasteiger charge is -2.07. The second-order valence-corrected chi connectivity index (χ2v) is 4.63. The molecule has 2 aromatic carbocycles. The highest BCUT2D eigenvalue weighted by Gasteiger charge is 2.03. The van der Waals surface area contributed by atoms with Crippen molar-refractivity contribution in [1.29, 1.82) is 0 Å². The van der Waals surface area contributed by atoms with Crippen molar-refractivity contribution in [3.63, 3.8) is 0 Å². The molecule has 0 bridgehead atoms. The van der Waals surface area contributed by atoms with Crippen LogP contribution in [-0.2, 0) is 18.0 Å². The van der Waals surface area contributed by atoms with Gasteiger partial charge in [0, 0.05) is 5.56 Å². The largest absolute Gasteiger partial charge is 0.389 e. The fraction of sp³-hybridized carbons (Fsp3) is 0.133. The van der Waals surface area contributed by atoms with Gasteiger partial charge in [-0.2, -0.15) is 0 Å². The normalized spacial score (nSPS) is 10.4. The van der Waals surface area contributed by atoms with Gasteiger partial charge >= 0.3 is 0 Å². The molecule has 0 fully saturated rings. The Hall–Kier alpha value is -1.78. The number of ether oxygens (including phenoxy) is 1. The standard InChI is InChI=1S/C15H14FNOS/c16-14-7-12(6-13(8-14)15(17)19)10-18-9-11-4-2-1-3-5-11/h1-8H,9-10H2,(H2,17,19). The second kappa shape index (κ2) is 6.41. The van der Waals surface area contributed by atoms with Gasteiger partial charge in [0.25, 0.3) is 0 Å². The molecule has 2 N–H and O–H groups in total. The molecule has 0 aromatic heterocycles. The fourth-order valence-electron chi connectivity index (χ4n) is 1.74. The van der Waals surface area contributed by atoms with Gasteiger partial charge in [-0.1, -0.05) is 42.5 Å². The molecule has 2 aromatic rings. The Morgan fingerprint density at radius 1 is 1.05 bits per heavy atom. The van der Waals surface area contributed by atoms with Crippen molar-refractivity contribution in [2.75, 3.05) is 0 Å². The Morgan fingerprint density at radius 2 is 1.74 bits per heavy atom. The molecule has 0 atom stereocenters. The number of rotatable bonds is 5. The number of thiocarbonyl (C=S) groups is 1. The molecule has 2 rings (SSSR count). The summed E-state index contributed by atoms with van der Waals surface area (Å²) < 4.78 is 18.9. The number of halogens is 1. The first kappa shape index (κ1) is 13.6. The molecule has 19 heavy (non-hydrogen) atoms. The van der Waals surface area contributed by atoms with Crippen LogP contribution in [0.5, 0.6) is 0 Å². The molecule has 0 saturated carbocycles. The van der Waals surface area contributed by atoms with Crippen molar-refractivity contribution < 1.29 is 9.13 Å². The predicted octanol–water partition coefficient (Wildman–Crippen LogP) is 3.18. The molecule has 4 heteroatoms. The molecule has 0 saturated heterocycles. The summed E-state index contributed by atoms with van der Waals surface area (Å²) in [5.41, 5.74) is 7.82. The Bertz CT molecular complexity index is 572. The van der Waals surface area contributed by atoms with E-state index in [4.69, 9.17) is 22.7 Å². The summed E-state index contributed by atoms with van der Waals surface area (Å²) in [6.07, 6.45) is 0. The summed E-state index contributed by atoms with van der Waals surface area (Å²) in [5.74, 6) is -0.358. The van der Waals surface area contributed by atoms with Gasteiger partial charge in [0.15, 0.2) is 0 Å². The summed E-state index contributed by atoms with van der Waals surface area (Å²) in [6, 6.07) is 14.3. The zero-order chi connectivity index (χ0) is 13.7.